The Balaban J connectivity index is 1.71. The first-order chi connectivity index (χ1) is 22.9. The molecule has 3 aliphatic heterocycles. The highest BCUT2D eigenvalue weighted by Gasteiger charge is 2.71. The molecule has 5 nitrogen and oxygen atoms in total. The van der Waals surface area contributed by atoms with Gasteiger partial charge in [-0.1, -0.05) is 151 Å². The number of nitrogens with zero attached hydrogens (tertiary/aromatic N) is 5. The fourth-order valence-electron chi connectivity index (χ4n) is 8.78. The molecule has 271 valence electrons. The molecule has 1 atom stereocenters. The highest BCUT2D eigenvalue weighted by Crippen LogP contribution is 2.55. The first kappa shape index (κ1) is 37.2. The van der Waals surface area contributed by atoms with Crippen molar-refractivity contribution >= 4 is 53.9 Å². The van der Waals surface area contributed by atoms with Crippen molar-refractivity contribution in [3.63, 3.8) is 0 Å². The molecule has 0 bridgehead atoms. The van der Waals surface area contributed by atoms with E-state index in [-0.39, 0.29) is 21.7 Å². The van der Waals surface area contributed by atoms with Gasteiger partial charge in [-0.3, -0.25) is 0 Å². The topological polar surface area (TPSA) is 16.2 Å². The number of hydrogen-bond donors (Lipinski definition) is 0. The van der Waals surface area contributed by atoms with Gasteiger partial charge >= 0.3 is 17.7 Å². The first-order valence-corrected chi connectivity index (χ1v) is 25.7. The molecule has 3 aromatic carbocycles. The minimum absolute atomic E-state index is 0.123. The largest absolute Gasteiger partial charge is 0.378 e. The summed E-state index contributed by atoms with van der Waals surface area (Å²) in [6.07, 6.45) is 0. The van der Waals surface area contributed by atoms with Gasteiger partial charge in [0.15, 0.2) is 0 Å². The van der Waals surface area contributed by atoms with Crippen LogP contribution in [0.15, 0.2) is 72.8 Å². The molecule has 0 amide bonds. The first-order valence-electron chi connectivity index (χ1n) is 19.0. The predicted octanol–water partition coefficient (Wildman–Crippen LogP) is 9.89. The Labute approximate surface area is 309 Å². The van der Waals surface area contributed by atoms with E-state index in [1.54, 1.807) is 10.8 Å². The third-order valence-corrected chi connectivity index (χ3v) is 22.5. The Bertz CT molecular complexity index is 1620. The van der Waals surface area contributed by atoms with Crippen LogP contribution in [0.4, 0.5) is 22.7 Å². The van der Waals surface area contributed by atoms with Gasteiger partial charge in [-0.2, -0.15) is 0 Å². The van der Waals surface area contributed by atoms with E-state index in [2.05, 4.69) is 198 Å². The molecular weight excluding hydrogens is 659 g/mol. The van der Waals surface area contributed by atoms with Crippen molar-refractivity contribution in [2.75, 3.05) is 44.4 Å². The standard InChI is InChI=1S/C42H66N5Si3/c1-39(2,3)28-43-33-23-17-18-24-34(33)44(29-40(4,5)6)48(43)38-32-22-16-21-27-37(32)50(47(38)49(13,14)15)45(30-41(7,8)9)35-25-19-20-26-36(35)46(50)31-42(10,11)12/h16-27,38H,28-31H2,1-15H3. The van der Waals surface area contributed by atoms with Crippen molar-refractivity contribution in [3.8, 4) is 0 Å². The summed E-state index contributed by atoms with van der Waals surface area (Å²) in [7, 11) is -6.28. The zero-order chi connectivity index (χ0) is 36.8. The molecule has 0 aliphatic carbocycles. The summed E-state index contributed by atoms with van der Waals surface area (Å²) < 4.78 is 15.1. The smallest absolute Gasteiger partial charge is 0.377 e. The van der Waals surface area contributed by atoms with E-state index in [0.717, 1.165) is 26.2 Å². The predicted molar refractivity (Wildman–Crippen MR) is 226 cm³/mol. The lowest BCUT2D eigenvalue weighted by molar-refractivity contribution is 0.410. The van der Waals surface area contributed by atoms with Gasteiger partial charge in [0.25, 0.3) is 0 Å². The maximum Gasteiger partial charge on any atom is 0.378 e. The summed E-state index contributed by atoms with van der Waals surface area (Å²) in [5.41, 5.74) is 8.18. The monoisotopic (exact) mass is 724 g/mol. The molecule has 50 heavy (non-hydrogen) atoms. The maximum atomic E-state index is 3.29. The van der Waals surface area contributed by atoms with E-state index in [4.69, 9.17) is 0 Å². The van der Waals surface area contributed by atoms with E-state index in [9.17, 15) is 0 Å². The summed E-state index contributed by atoms with van der Waals surface area (Å²) in [6, 6.07) is 28.6. The molecule has 0 saturated carbocycles. The Morgan fingerprint density at radius 1 is 0.520 bits per heavy atom. The fraction of sp³-hybridized carbons (Fsp3) is 0.571. The molecule has 0 fully saturated rings. The van der Waals surface area contributed by atoms with Gasteiger partial charge in [0.1, 0.15) is 8.24 Å². The quantitative estimate of drug-likeness (QED) is 0.235. The van der Waals surface area contributed by atoms with Gasteiger partial charge in [0.2, 0.25) is 0 Å². The Morgan fingerprint density at radius 3 is 1.26 bits per heavy atom. The zero-order valence-electron chi connectivity index (χ0n) is 34.1. The number of hydrogen-bond acceptors (Lipinski definition) is 5. The van der Waals surface area contributed by atoms with Gasteiger partial charge in [-0.15, -0.1) is 0 Å². The van der Waals surface area contributed by atoms with Crippen LogP contribution in [-0.2, 0) is 0 Å². The van der Waals surface area contributed by atoms with Crippen LogP contribution in [0.25, 0.3) is 0 Å². The van der Waals surface area contributed by atoms with Gasteiger partial charge < -0.3 is 22.5 Å². The molecule has 3 heterocycles. The van der Waals surface area contributed by atoms with Crippen LogP contribution in [-0.4, -0.2) is 56.3 Å². The van der Waals surface area contributed by atoms with Crippen LogP contribution in [0.5, 0.6) is 0 Å². The van der Waals surface area contributed by atoms with Crippen LogP contribution < -0.4 is 23.4 Å². The summed E-state index contributed by atoms with van der Waals surface area (Å²) in [5.74, 6) is 0. The average Bonchev–Trinajstić information content (AvgIpc) is 3.51. The molecule has 3 aliphatic rings. The molecule has 1 unspecified atom stereocenters. The van der Waals surface area contributed by atoms with Gasteiger partial charge in [0, 0.05) is 31.4 Å². The summed E-state index contributed by atoms with van der Waals surface area (Å²) in [6.45, 7) is 41.3. The third kappa shape index (κ3) is 6.63. The Kier molecular flexibility index (Phi) is 9.14. The lowest BCUT2D eigenvalue weighted by Gasteiger charge is -2.55. The number of para-hydroxylation sites is 4. The van der Waals surface area contributed by atoms with E-state index >= 15 is 0 Å². The van der Waals surface area contributed by atoms with Gasteiger partial charge in [-0.25, -0.2) is 0 Å². The number of fused-ring (bicyclic) bond motifs is 4. The molecule has 3 aromatic rings. The second kappa shape index (κ2) is 12.3. The normalized spacial score (nSPS) is 19.9. The van der Waals surface area contributed by atoms with Crippen LogP contribution in [0.1, 0.15) is 94.3 Å². The van der Waals surface area contributed by atoms with E-state index in [1.165, 1.54) is 22.7 Å². The van der Waals surface area contributed by atoms with Crippen LogP contribution >= 0.6 is 0 Å². The van der Waals surface area contributed by atoms with Crippen LogP contribution in [0.2, 0.25) is 19.6 Å². The Hall–Kier alpha value is -2.53. The van der Waals surface area contributed by atoms with Crippen LogP contribution in [0, 0.1) is 21.7 Å². The van der Waals surface area contributed by atoms with E-state index in [0.29, 0.717) is 5.67 Å². The van der Waals surface area contributed by atoms with Crippen molar-refractivity contribution in [2.45, 2.75) is 108 Å². The van der Waals surface area contributed by atoms with Crippen molar-refractivity contribution < 1.29 is 0 Å². The second-order valence-corrected chi connectivity index (χ2v) is 32.1. The Morgan fingerprint density at radius 2 is 0.880 bits per heavy atom. The maximum absolute atomic E-state index is 3.29. The minimum atomic E-state index is -2.81. The molecule has 0 aromatic heterocycles. The number of rotatable bonds is 6. The molecule has 1 radical (unpaired) electrons. The zero-order valence-corrected chi connectivity index (χ0v) is 37.1. The molecular formula is C42H66N5Si3. The van der Waals surface area contributed by atoms with Crippen molar-refractivity contribution in [1.29, 1.82) is 0 Å². The van der Waals surface area contributed by atoms with Gasteiger partial charge in [0.05, 0.1) is 28.4 Å². The lowest BCUT2D eigenvalue weighted by atomic mass is 9.96. The highest BCUT2D eigenvalue weighted by molar-refractivity contribution is 7.06. The van der Waals surface area contributed by atoms with E-state index in [1.807, 2.05) is 0 Å². The lowest BCUT2D eigenvalue weighted by Crippen LogP contribution is -2.83. The number of anilines is 4. The summed E-state index contributed by atoms with van der Waals surface area (Å²) in [5, 5.41) is 1.62. The van der Waals surface area contributed by atoms with Crippen molar-refractivity contribution in [3.05, 3.63) is 78.4 Å². The molecule has 6 rings (SSSR count). The van der Waals surface area contributed by atoms with Crippen molar-refractivity contribution in [2.24, 2.45) is 21.7 Å². The highest BCUT2D eigenvalue weighted by atomic mass is 28.4. The van der Waals surface area contributed by atoms with Crippen molar-refractivity contribution in [1.82, 2.24) is 4.23 Å². The van der Waals surface area contributed by atoms with Gasteiger partial charge in [-0.05, 0) is 51.5 Å². The SMILES string of the molecule is CC(C)(C)CN1c2ccccc2N(CC(C)(C)C)[Si]1C1c2ccccc2[Si]2(N(CC(C)(C)C)c3ccccc3N2CC(C)(C)C)N1[Si](C)(C)C. The molecule has 0 N–H and O–H groups in total. The van der Waals surface area contributed by atoms with Crippen LogP contribution in [0.3, 0.4) is 0 Å². The minimum Gasteiger partial charge on any atom is -0.377 e. The summed E-state index contributed by atoms with van der Waals surface area (Å²) in [4.78, 5) is 0. The molecule has 1 spiro atoms. The third-order valence-electron chi connectivity index (χ3n) is 9.94. The summed E-state index contributed by atoms with van der Waals surface area (Å²) >= 11 is 0. The second-order valence-electron chi connectivity index (χ2n) is 21.1. The van der Waals surface area contributed by atoms with E-state index < -0.39 is 25.9 Å². The molecule has 0 saturated heterocycles. The fourth-order valence-corrected chi connectivity index (χ4v) is 26.4. The average molecular weight is 725 g/mol. The number of benzene rings is 3. The molecule has 8 heteroatoms.